The van der Waals surface area contributed by atoms with Crippen LogP contribution >= 0.6 is 11.3 Å². The lowest BCUT2D eigenvalue weighted by molar-refractivity contribution is -0.114. The number of carbonyl (C=O) groups is 2. The number of allylic oxidation sites excluding steroid dienone is 1. The quantitative estimate of drug-likeness (QED) is 0.413. The van der Waals surface area contributed by atoms with Gasteiger partial charge in [-0.2, -0.15) is 0 Å². The first-order valence-corrected chi connectivity index (χ1v) is 13.7. The van der Waals surface area contributed by atoms with Crippen molar-refractivity contribution in [1.29, 1.82) is 0 Å². The van der Waals surface area contributed by atoms with E-state index >= 15 is 0 Å². The number of fused-ring (bicyclic) bond motifs is 2. The van der Waals surface area contributed by atoms with Gasteiger partial charge in [0.15, 0.2) is 4.80 Å². The molecule has 2 aliphatic heterocycles. The maximum atomic E-state index is 14.2. The number of para-hydroxylation sites is 2. The molecule has 2 aliphatic rings. The molecule has 40 heavy (non-hydrogen) atoms. The number of nitrogens with one attached hydrogen (secondary N) is 1. The first-order chi connectivity index (χ1) is 19.3. The third-order valence-corrected chi connectivity index (χ3v) is 8.12. The zero-order valence-electron chi connectivity index (χ0n) is 22.0. The molecule has 7 nitrogen and oxygen atoms in total. The fraction of sp³-hybridized carbons (Fsp3) is 0.161. The number of carbonyl (C=O) groups excluding carboxylic acids is 2. The van der Waals surface area contributed by atoms with E-state index in [9.17, 15) is 18.8 Å². The van der Waals surface area contributed by atoms with Crippen molar-refractivity contribution >= 4 is 40.1 Å². The van der Waals surface area contributed by atoms with Gasteiger partial charge in [0.2, 0.25) is 0 Å². The van der Waals surface area contributed by atoms with Crippen LogP contribution in [0, 0.1) is 5.82 Å². The molecule has 6 rings (SSSR count). The van der Waals surface area contributed by atoms with Crippen molar-refractivity contribution in [2.45, 2.75) is 32.9 Å². The van der Waals surface area contributed by atoms with Gasteiger partial charge in [-0.25, -0.2) is 9.38 Å². The number of thiazole rings is 1. The summed E-state index contributed by atoms with van der Waals surface area (Å²) in [7, 11) is 0. The summed E-state index contributed by atoms with van der Waals surface area (Å²) in [5.74, 6) is -1.11. The van der Waals surface area contributed by atoms with Gasteiger partial charge in [0.05, 0.1) is 28.6 Å². The van der Waals surface area contributed by atoms with Gasteiger partial charge in [0, 0.05) is 17.3 Å². The van der Waals surface area contributed by atoms with E-state index in [1.54, 1.807) is 48.2 Å². The SMILES string of the molecule is CC1=C(C(=O)Nc2ccccc2)[C@@H](c2ccc(F)cc2)n2c(s/c(=C3/C(=O)N(C(C)C)c4ccccc43)c2=O)=N1. The van der Waals surface area contributed by atoms with Crippen molar-refractivity contribution in [2.75, 3.05) is 10.2 Å². The summed E-state index contributed by atoms with van der Waals surface area (Å²) in [5.41, 5.74) is 3.16. The molecule has 0 spiro atoms. The summed E-state index contributed by atoms with van der Waals surface area (Å²) in [4.78, 5) is 48.3. The predicted octanol–water partition coefficient (Wildman–Crippen LogP) is 4.14. The van der Waals surface area contributed by atoms with Crippen molar-refractivity contribution in [3.8, 4) is 0 Å². The Labute approximate surface area is 233 Å². The largest absolute Gasteiger partial charge is 0.322 e. The van der Waals surface area contributed by atoms with Gasteiger partial charge < -0.3 is 10.2 Å². The second kappa shape index (κ2) is 9.84. The molecule has 0 bridgehead atoms. The number of benzene rings is 3. The molecule has 1 aromatic heterocycles. The molecular formula is C31H25FN4O3S. The second-order valence-electron chi connectivity index (χ2n) is 9.94. The standard InChI is InChI=1S/C31H25FN4O3S/c1-17(2)35-23-12-8-7-11-22(23)25(29(35)38)27-30(39)36-26(19-13-15-20(32)16-14-19)24(18(3)33-31(36)40-27)28(37)34-21-9-5-4-6-10-21/h4-17,26H,1-3H3,(H,34,37)/b27-25+/t26-/m1/s1. The Bertz CT molecular complexity index is 1890. The average Bonchev–Trinajstić information content (AvgIpc) is 3.41. The fourth-order valence-corrected chi connectivity index (χ4v) is 6.45. The van der Waals surface area contributed by atoms with E-state index in [0.717, 1.165) is 17.0 Å². The molecule has 1 atom stereocenters. The Morgan fingerprint density at radius 3 is 2.35 bits per heavy atom. The fourth-order valence-electron chi connectivity index (χ4n) is 5.31. The Hall–Kier alpha value is -4.63. The van der Waals surface area contributed by atoms with E-state index in [-0.39, 0.29) is 22.1 Å². The number of amides is 2. The molecule has 0 saturated heterocycles. The van der Waals surface area contributed by atoms with Gasteiger partial charge >= 0.3 is 0 Å². The van der Waals surface area contributed by atoms with E-state index in [0.29, 0.717) is 32.9 Å². The van der Waals surface area contributed by atoms with Crippen molar-refractivity contribution in [1.82, 2.24) is 4.57 Å². The predicted molar refractivity (Wildman–Crippen MR) is 153 cm³/mol. The summed E-state index contributed by atoms with van der Waals surface area (Å²) in [6.45, 7) is 5.57. The van der Waals surface area contributed by atoms with Gasteiger partial charge in [-0.15, -0.1) is 0 Å². The minimum absolute atomic E-state index is 0.114. The Kier molecular flexibility index (Phi) is 6.31. The lowest BCUT2D eigenvalue weighted by Crippen LogP contribution is -2.41. The Morgan fingerprint density at radius 2 is 1.65 bits per heavy atom. The van der Waals surface area contributed by atoms with Crippen molar-refractivity contribution in [3.63, 3.8) is 0 Å². The topological polar surface area (TPSA) is 83.8 Å². The van der Waals surface area contributed by atoms with E-state index in [4.69, 9.17) is 0 Å². The Balaban J connectivity index is 1.59. The molecule has 0 aliphatic carbocycles. The molecule has 9 heteroatoms. The zero-order valence-corrected chi connectivity index (χ0v) is 22.8. The summed E-state index contributed by atoms with van der Waals surface area (Å²) in [5, 5.41) is 2.89. The monoisotopic (exact) mass is 552 g/mol. The summed E-state index contributed by atoms with van der Waals surface area (Å²) in [6.07, 6.45) is 0. The molecule has 0 saturated carbocycles. The molecular weight excluding hydrogens is 527 g/mol. The minimum atomic E-state index is -0.872. The highest BCUT2D eigenvalue weighted by molar-refractivity contribution is 7.07. The average molecular weight is 553 g/mol. The van der Waals surface area contributed by atoms with Gasteiger partial charge in [-0.05, 0) is 56.7 Å². The van der Waals surface area contributed by atoms with Crippen LogP contribution in [-0.2, 0) is 9.59 Å². The first kappa shape index (κ1) is 25.6. The van der Waals surface area contributed by atoms with Crippen LogP contribution in [0.4, 0.5) is 15.8 Å². The van der Waals surface area contributed by atoms with Crippen molar-refractivity contribution in [3.05, 3.63) is 127 Å². The summed E-state index contributed by atoms with van der Waals surface area (Å²) < 4.78 is 15.6. The van der Waals surface area contributed by atoms with E-state index in [1.165, 1.54) is 16.7 Å². The smallest absolute Gasteiger partial charge is 0.271 e. The molecule has 0 unspecified atom stereocenters. The molecule has 0 fully saturated rings. The number of hydrogen-bond donors (Lipinski definition) is 1. The van der Waals surface area contributed by atoms with Crippen LogP contribution in [0.25, 0.3) is 5.57 Å². The lowest BCUT2D eigenvalue weighted by Gasteiger charge is -2.25. The molecule has 3 aromatic carbocycles. The van der Waals surface area contributed by atoms with E-state index in [1.807, 2.05) is 44.2 Å². The molecule has 1 N–H and O–H groups in total. The molecule has 3 heterocycles. The maximum Gasteiger partial charge on any atom is 0.271 e. The lowest BCUT2D eigenvalue weighted by atomic mass is 9.95. The van der Waals surface area contributed by atoms with Crippen molar-refractivity contribution < 1.29 is 14.0 Å². The van der Waals surface area contributed by atoms with E-state index in [2.05, 4.69) is 10.3 Å². The number of rotatable bonds is 4. The second-order valence-corrected chi connectivity index (χ2v) is 10.9. The third-order valence-electron chi connectivity index (χ3n) is 7.07. The van der Waals surface area contributed by atoms with Gasteiger partial charge in [0.1, 0.15) is 10.3 Å². The van der Waals surface area contributed by atoms with Crippen LogP contribution in [0.15, 0.2) is 99.9 Å². The molecule has 0 radical (unpaired) electrons. The van der Waals surface area contributed by atoms with Crippen LogP contribution in [0.3, 0.4) is 0 Å². The molecule has 4 aromatic rings. The molecule has 200 valence electrons. The van der Waals surface area contributed by atoms with Gasteiger partial charge in [-0.3, -0.25) is 19.0 Å². The number of aromatic nitrogens is 1. The first-order valence-electron chi connectivity index (χ1n) is 12.9. The maximum absolute atomic E-state index is 14.2. The molecule has 2 amide bonds. The highest BCUT2D eigenvalue weighted by Crippen LogP contribution is 2.37. The summed E-state index contributed by atoms with van der Waals surface area (Å²) >= 11 is 1.12. The minimum Gasteiger partial charge on any atom is -0.322 e. The van der Waals surface area contributed by atoms with E-state index < -0.39 is 23.3 Å². The van der Waals surface area contributed by atoms with Gasteiger partial charge in [-0.1, -0.05) is 59.9 Å². The highest BCUT2D eigenvalue weighted by atomic mass is 32.1. The van der Waals surface area contributed by atoms with Crippen LogP contribution in [0.5, 0.6) is 0 Å². The van der Waals surface area contributed by atoms with Crippen molar-refractivity contribution in [2.24, 2.45) is 4.99 Å². The number of halogens is 1. The number of nitrogens with zero attached hydrogens (tertiary/aromatic N) is 3. The Morgan fingerprint density at radius 1 is 0.975 bits per heavy atom. The van der Waals surface area contributed by atoms with Crippen LogP contribution in [0.2, 0.25) is 0 Å². The zero-order chi connectivity index (χ0) is 28.1. The number of anilines is 2. The van der Waals surface area contributed by atoms with Crippen LogP contribution < -0.4 is 25.1 Å². The summed E-state index contributed by atoms with van der Waals surface area (Å²) in [6, 6.07) is 21.1. The van der Waals surface area contributed by atoms with Crippen LogP contribution in [0.1, 0.15) is 37.9 Å². The van der Waals surface area contributed by atoms with Crippen LogP contribution in [-0.4, -0.2) is 22.4 Å². The third kappa shape index (κ3) is 4.10. The normalized spacial score (nSPS) is 17.6. The highest BCUT2D eigenvalue weighted by Gasteiger charge is 2.37. The number of hydrogen-bond acceptors (Lipinski definition) is 5. The van der Waals surface area contributed by atoms with Gasteiger partial charge in [0.25, 0.3) is 17.4 Å².